The molecule has 1 aliphatic heterocycles. The van der Waals surface area contributed by atoms with Crippen molar-refractivity contribution in [1.82, 2.24) is 0 Å². The van der Waals surface area contributed by atoms with Crippen molar-refractivity contribution in [2.45, 2.75) is 71.0 Å². The number of unbranched alkanes of at least 4 members (excludes halogenated alkanes) is 3. The van der Waals surface area contributed by atoms with Crippen LogP contribution in [-0.2, 0) is 18.8 Å². The van der Waals surface area contributed by atoms with Crippen molar-refractivity contribution in [1.29, 1.82) is 0 Å². The number of ether oxygens (including phenoxy) is 1. The smallest absolute Gasteiger partial charge is 0.469 e. The van der Waals surface area contributed by atoms with Crippen molar-refractivity contribution >= 4 is 19.3 Å². The third-order valence-corrected chi connectivity index (χ3v) is 4.60. The molecule has 2 N–H and O–H groups in total. The van der Waals surface area contributed by atoms with E-state index in [0.29, 0.717) is 6.42 Å². The molecular formula is C17H31BN2O4. The molecule has 0 atom stereocenters. The minimum Gasteiger partial charge on any atom is -0.469 e. The van der Waals surface area contributed by atoms with Crippen LogP contribution in [0, 0.1) is 0 Å². The number of rotatable bonds is 9. The summed E-state index contributed by atoms with van der Waals surface area (Å²) >= 11 is 0. The van der Waals surface area contributed by atoms with Crippen molar-refractivity contribution in [2.24, 2.45) is 10.7 Å². The Bertz CT molecular complexity index is 459. The number of carbonyl (C=O) groups excluding carboxylic acids is 1. The Balaban J connectivity index is 2.30. The number of esters is 1. The third-order valence-electron chi connectivity index (χ3n) is 4.60. The summed E-state index contributed by atoms with van der Waals surface area (Å²) in [6.07, 6.45) is 7.57. The molecular weight excluding hydrogens is 307 g/mol. The first-order valence-corrected chi connectivity index (χ1v) is 8.57. The van der Waals surface area contributed by atoms with Crippen LogP contribution in [-0.4, -0.2) is 44.2 Å². The highest BCUT2D eigenvalue weighted by atomic mass is 16.7. The van der Waals surface area contributed by atoms with Gasteiger partial charge in [-0.2, -0.15) is 0 Å². The first kappa shape index (κ1) is 20.7. The van der Waals surface area contributed by atoms with E-state index >= 15 is 0 Å². The summed E-state index contributed by atoms with van der Waals surface area (Å²) in [5.74, 6) is -0.145. The standard InChI is InChI=1S/C17H31BN2O4/c1-16(2)17(3,4)24-18(23-16)14(12-19)13-20-11-9-7-6-8-10-15(21)22-5/h12-13H,6-11,19H2,1-5H3/b14-12+,20-13?. The Hall–Kier alpha value is -1.34. The van der Waals surface area contributed by atoms with Crippen LogP contribution in [0.1, 0.15) is 59.8 Å². The van der Waals surface area contributed by atoms with Crippen LogP contribution in [0.4, 0.5) is 0 Å². The number of allylic oxidation sites excluding steroid dienone is 1. The van der Waals surface area contributed by atoms with Crippen molar-refractivity contribution in [3.05, 3.63) is 11.7 Å². The largest absolute Gasteiger partial charge is 0.497 e. The molecule has 0 amide bonds. The number of hydrogen-bond acceptors (Lipinski definition) is 6. The summed E-state index contributed by atoms with van der Waals surface area (Å²) < 4.78 is 16.5. The molecule has 0 bridgehead atoms. The van der Waals surface area contributed by atoms with Crippen molar-refractivity contribution in [3.63, 3.8) is 0 Å². The number of hydrogen-bond donors (Lipinski definition) is 1. The van der Waals surface area contributed by atoms with Gasteiger partial charge < -0.3 is 19.8 Å². The van der Waals surface area contributed by atoms with Gasteiger partial charge in [0.2, 0.25) is 0 Å². The van der Waals surface area contributed by atoms with Crippen LogP contribution in [0.25, 0.3) is 0 Å². The first-order chi connectivity index (χ1) is 11.2. The molecule has 24 heavy (non-hydrogen) atoms. The van der Waals surface area contributed by atoms with E-state index in [1.54, 1.807) is 6.21 Å². The second-order valence-corrected chi connectivity index (χ2v) is 7.03. The molecule has 0 saturated carbocycles. The van der Waals surface area contributed by atoms with E-state index < -0.39 is 7.12 Å². The lowest BCUT2D eigenvalue weighted by Gasteiger charge is -2.32. The molecule has 0 radical (unpaired) electrons. The highest BCUT2D eigenvalue weighted by Crippen LogP contribution is 2.38. The van der Waals surface area contributed by atoms with Crippen molar-refractivity contribution in [2.75, 3.05) is 13.7 Å². The summed E-state index contributed by atoms with van der Waals surface area (Å²) in [7, 11) is 0.934. The molecule has 6 nitrogen and oxygen atoms in total. The van der Waals surface area contributed by atoms with E-state index in [1.165, 1.54) is 13.3 Å². The third kappa shape index (κ3) is 5.94. The van der Waals surface area contributed by atoms with E-state index in [-0.39, 0.29) is 17.2 Å². The average Bonchev–Trinajstić information content (AvgIpc) is 2.73. The summed E-state index contributed by atoms with van der Waals surface area (Å²) in [6, 6.07) is 0. The summed E-state index contributed by atoms with van der Waals surface area (Å²) in [4.78, 5) is 15.4. The lowest BCUT2D eigenvalue weighted by Crippen LogP contribution is -2.41. The number of aliphatic imine (C=N–C) groups is 1. The van der Waals surface area contributed by atoms with Gasteiger partial charge in [0.25, 0.3) is 0 Å². The maximum absolute atomic E-state index is 11.0. The lowest BCUT2D eigenvalue weighted by molar-refractivity contribution is -0.140. The van der Waals surface area contributed by atoms with Crippen LogP contribution < -0.4 is 5.73 Å². The molecule has 0 aromatic carbocycles. The van der Waals surface area contributed by atoms with E-state index in [0.717, 1.165) is 37.7 Å². The van der Waals surface area contributed by atoms with Crippen LogP contribution in [0.5, 0.6) is 0 Å². The Labute approximate surface area is 146 Å². The zero-order chi connectivity index (χ0) is 18.2. The zero-order valence-corrected chi connectivity index (χ0v) is 15.6. The topological polar surface area (TPSA) is 83.1 Å². The van der Waals surface area contributed by atoms with E-state index in [9.17, 15) is 4.79 Å². The summed E-state index contributed by atoms with van der Waals surface area (Å²) in [6.45, 7) is 8.74. The zero-order valence-electron chi connectivity index (χ0n) is 15.6. The normalized spacial score (nSPS) is 19.9. The van der Waals surface area contributed by atoms with Gasteiger partial charge >= 0.3 is 13.1 Å². The second kappa shape index (κ2) is 9.23. The van der Waals surface area contributed by atoms with Crippen LogP contribution in [0.3, 0.4) is 0 Å². The molecule has 0 unspecified atom stereocenters. The van der Waals surface area contributed by atoms with Gasteiger partial charge in [-0.15, -0.1) is 0 Å². The van der Waals surface area contributed by atoms with Crippen molar-refractivity contribution in [3.8, 4) is 0 Å². The van der Waals surface area contributed by atoms with Gasteiger partial charge in [0.15, 0.2) is 0 Å². The monoisotopic (exact) mass is 338 g/mol. The maximum atomic E-state index is 11.0. The molecule has 1 fully saturated rings. The fourth-order valence-corrected chi connectivity index (χ4v) is 2.26. The molecule has 136 valence electrons. The Morgan fingerprint density at radius 3 is 2.25 bits per heavy atom. The average molecular weight is 338 g/mol. The molecule has 0 spiro atoms. The molecule has 0 aliphatic carbocycles. The summed E-state index contributed by atoms with van der Waals surface area (Å²) in [5.41, 5.74) is 5.65. The van der Waals surface area contributed by atoms with E-state index in [1.807, 2.05) is 27.7 Å². The molecule has 0 aromatic rings. The van der Waals surface area contributed by atoms with E-state index in [2.05, 4.69) is 9.73 Å². The predicted molar refractivity (Wildman–Crippen MR) is 96.8 cm³/mol. The van der Waals surface area contributed by atoms with Gasteiger partial charge in [0.1, 0.15) is 0 Å². The van der Waals surface area contributed by atoms with Gasteiger partial charge in [0, 0.05) is 24.7 Å². The minimum atomic E-state index is -0.483. The highest BCUT2D eigenvalue weighted by Gasteiger charge is 2.52. The Kier molecular flexibility index (Phi) is 7.96. The SMILES string of the molecule is COC(=O)CCCCCCN=C/C(=C\N)B1OC(C)(C)C(C)(C)O1. The second-order valence-electron chi connectivity index (χ2n) is 7.03. The van der Waals surface area contributed by atoms with E-state index in [4.69, 9.17) is 15.0 Å². The van der Waals surface area contributed by atoms with Crippen LogP contribution >= 0.6 is 0 Å². The van der Waals surface area contributed by atoms with Gasteiger partial charge in [-0.3, -0.25) is 9.79 Å². The first-order valence-electron chi connectivity index (χ1n) is 8.57. The molecule has 1 heterocycles. The minimum absolute atomic E-state index is 0.145. The lowest BCUT2D eigenvalue weighted by atomic mass is 9.79. The van der Waals surface area contributed by atoms with Gasteiger partial charge in [-0.25, -0.2) is 0 Å². The number of nitrogens with two attached hydrogens (primary N) is 1. The highest BCUT2D eigenvalue weighted by molar-refractivity contribution is 6.60. The quantitative estimate of drug-likeness (QED) is 0.302. The van der Waals surface area contributed by atoms with Crippen LogP contribution in [0.15, 0.2) is 16.7 Å². The Morgan fingerprint density at radius 2 is 1.71 bits per heavy atom. The van der Waals surface area contributed by atoms with Crippen molar-refractivity contribution < 1.29 is 18.8 Å². The molecule has 0 aromatic heterocycles. The Morgan fingerprint density at radius 1 is 1.12 bits per heavy atom. The molecule has 1 saturated heterocycles. The number of nitrogens with zero attached hydrogens (tertiary/aromatic N) is 1. The van der Waals surface area contributed by atoms with Crippen LogP contribution in [0.2, 0.25) is 0 Å². The number of methoxy groups -OCH3 is 1. The number of carbonyl (C=O) groups is 1. The molecule has 7 heteroatoms. The van der Waals surface area contributed by atoms with Gasteiger partial charge in [-0.1, -0.05) is 12.8 Å². The van der Waals surface area contributed by atoms with Gasteiger partial charge in [0.05, 0.1) is 18.3 Å². The fraction of sp³-hybridized carbons (Fsp3) is 0.765. The molecule has 1 rings (SSSR count). The predicted octanol–water partition coefficient (Wildman–Crippen LogP) is 2.65. The molecule has 1 aliphatic rings. The van der Waals surface area contributed by atoms with Gasteiger partial charge in [-0.05, 0) is 46.7 Å². The maximum Gasteiger partial charge on any atom is 0.497 e. The fourth-order valence-electron chi connectivity index (χ4n) is 2.26. The summed E-state index contributed by atoms with van der Waals surface area (Å²) in [5, 5.41) is 0.